The van der Waals surface area contributed by atoms with Crippen LogP contribution in [0.3, 0.4) is 0 Å². The summed E-state index contributed by atoms with van der Waals surface area (Å²) in [6, 6.07) is 6.67. The number of β-amino-alcohol motifs (C(OH)–C–C–N with tert-alkyl or cyclic N) is 1. The van der Waals surface area contributed by atoms with Gasteiger partial charge in [-0.25, -0.2) is 9.78 Å². The number of aliphatic hydroxyl groups excluding tert-OH is 1. The largest absolute Gasteiger partial charge is 0.436 e. The number of nitrogens with zero attached hydrogens (tertiary/aromatic N) is 2. The standard InChI is InChI=1S/C24H32N4O5S/c1-13(15-6-8-16(9-7-15)19-14(2)26-12-34-19)27-21(30)18-10-17(29)11-28(18)22(31)20(24(3,4)5)33-23(25)32/h6-9,12-13,17-18,20,29H,10-11H2,1-5H3,(H2,25,32)(H,27,30)/t13-,17+,18-,20-/m0/s1. The monoisotopic (exact) mass is 488 g/mol. The molecule has 1 saturated heterocycles. The molecule has 4 atom stereocenters. The molecular weight excluding hydrogens is 456 g/mol. The molecule has 1 aliphatic rings. The van der Waals surface area contributed by atoms with Gasteiger partial charge in [0.25, 0.3) is 5.91 Å². The maximum absolute atomic E-state index is 13.2. The second-order valence-electron chi connectivity index (χ2n) is 9.70. The zero-order valence-electron chi connectivity index (χ0n) is 20.1. The minimum Gasteiger partial charge on any atom is -0.436 e. The molecule has 1 aliphatic heterocycles. The van der Waals surface area contributed by atoms with Crippen LogP contribution in [0.1, 0.15) is 51.4 Å². The highest BCUT2D eigenvalue weighted by Gasteiger charge is 2.45. The van der Waals surface area contributed by atoms with Crippen LogP contribution in [0.15, 0.2) is 29.8 Å². The summed E-state index contributed by atoms with van der Waals surface area (Å²) in [5, 5.41) is 13.2. The number of rotatable bonds is 6. The van der Waals surface area contributed by atoms with E-state index in [0.29, 0.717) is 0 Å². The number of aryl methyl sites for hydroxylation is 1. The molecule has 0 radical (unpaired) electrons. The Bertz CT molecular complexity index is 1050. The molecule has 0 saturated carbocycles. The molecule has 0 unspecified atom stereocenters. The van der Waals surface area contributed by atoms with Crippen molar-refractivity contribution in [1.29, 1.82) is 0 Å². The summed E-state index contributed by atoms with van der Waals surface area (Å²) in [6.07, 6.45) is -3.00. The highest BCUT2D eigenvalue weighted by Crippen LogP contribution is 2.30. The van der Waals surface area contributed by atoms with Gasteiger partial charge in [0, 0.05) is 18.4 Å². The third kappa shape index (κ3) is 5.74. The molecule has 1 aromatic heterocycles. The second-order valence-corrected chi connectivity index (χ2v) is 10.6. The number of aliphatic hydroxyl groups is 1. The van der Waals surface area contributed by atoms with Crippen molar-refractivity contribution in [3.05, 3.63) is 41.0 Å². The number of hydrogen-bond acceptors (Lipinski definition) is 7. The first-order valence-corrected chi connectivity index (χ1v) is 12.0. The number of carbonyl (C=O) groups excluding carboxylic acids is 3. The number of amides is 3. The lowest BCUT2D eigenvalue weighted by Gasteiger charge is -2.34. The summed E-state index contributed by atoms with van der Waals surface area (Å²) >= 11 is 1.57. The van der Waals surface area contributed by atoms with Gasteiger partial charge in [0.15, 0.2) is 6.10 Å². The molecule has 2 aromatic rings. The van der Waals surface area contributed by atoms with Gasteiger partial charge in [-0.05, 0) is 25.0 Å². The Morgan fingerprint density at radius 1 is 1.26 bits per heavy atom. The van der Waals surface area contributed by atoms with Crippen molar-refractivity contribution in [3.63, 3.8) is 0 Å². The Kier molecular flexibility index (Phi) is 7.62. The SMILES string of the molecule is Cc1ncsc1-c1ccc([C@H](C)NC(=O)[C@@H]2C[C@@H](O)CN2C(=O)[C@H](OC(N)=O)C(C)(C)C)cc1. The fraction of sp³-hybridized carbons (Fsp3) is 0.500. The molecule has 4 N–H and O–H groups in total. The maximum atomic E-state index is 13.2. The van der Waals surface area contributed by atoms with Crippen molar-refractivity contribution in [2.24, 2.45) is 11.1 Å². The van der Waals surface area contributed by atoms with Gasteiger partial charge >= 0.3 is 6.09 Å². The van der Waals surface area contributed by atoms with Gasteiger partial charge in [-0.3, -0.25) is 9.59 Å². The molecule has 3 rings (SSSR count). The van der Waals surface area contributed by atoms with Crippen molar-refractivity contribution >= 4 is 29.2 Å². The van der Waals surface area contributed by atoms with Crippen LogP contribution < -0.4 is 11.1 Å². The lowest BCUT2D eigenvalue weighted by Crippen LogP contribution is -2.53. The van der Waals surface area contributed by atoms with Gasteiger partial charge in [-0.1, -0.05) is 45.0 Å². The highest BCUT2D eigenvalue weighted by atomic mass is 32.1. The number of hydrogen-bond donors (Lipinski definition) is 3. The Morgan fingerprint density at radius 2 is 1.91 bits per heavy atom. The van der Waals surface area contributed by atoms with Crippen LogP contribution in [-0.4, -0.2) is 57.7 Å². The molecule has 10 heteroatoms. The Labute approximate surface area is 203 Å². The van der Waals surface area contributed by atoms with Crippen LogP contribution in [0.4, 0.5) is 4.79 Å². The summed E-state index contributed by atoms with van der Waals surface area (Å²) in [7, 11) is 0. The van der Waals surface area contributed by atoms with E-state index in [9.17, 15) is 19.5 Å². The van der Waals surface area contributed by atoms with E-state index in [1.807, 2.05) is 43.6 Å². The van der Waals surface area contributed by atoms with E-state index in [2.05, 4.69) is 10.3 Å². The first kappa shape index (κ1) is 25.6. The fourth-order valence-corrected chi connectivity index (χ4v) is 4.88. The van der Waals surface area contributed by atoms with E-state index in [1.165, 1.54) is 4.90 Å². The lowest BCUT2D eigenvalue weighted by molar-refractivity contribution is -0.150. The number of benzene rings is 1. The Morgan fingerprint density at radius 3 is 2.44 bits per heavy atom. The van der Waals surface area contributed by atoms with Crippen molar-refractivity contribution < 1.29 is 24.2 Å². The number of primary amides is 1. The molecule has 0 spiro atoms. The van der Waals surface area contributed by atoms with Crippen molar-refractivity contribution in [1.82, 2.24) is 15.2 Å². The van der Waals surface area contributed by atoms with E-state index in [1.54, 1.807) is 32.1 Å². The molecular formula is C24H32N4O5S. The predicted octanol–water partition coefficient (Wildman–Crippen LogP) is 2.77. The highest BCUT2D eigenvalue weighted by molar-refractivity contribution is 7.13. The summed E-state index contributed by atoms with van der Waals surface area (Å²) in [5.74, 6) is -0.938. The molecule has 3 amide bonds. The van der Waals surface area contributed by atoms with Crippen LogP contribution in [0, 0.1) is 12.3 Å². The average Bonchev–Trinajstić information content (AvgIpc) is 3.36. The normalized spacial score (nSPS) is 20.0. The van der Waals surface area contributed by atoms with E-state index >= 15 is 0 Å². The fourth-order valence-electron chi connectivity index (χ4n) is 4.07. The van der Waals surface area contributed by atoms with E-state index in [0.717, 1.165) is 21.7 Å². The number of nitrogens with one attached hydrogen (secondary N) is 1. The zero-order valence-corrected chi connectivity index (χ0v) is 20.9. The first-order valence-electron chi connectivity index (χ1n) is 11.1. The van der Waals surface area contributed by atoms with Crippen LogP contribution in [0.5, 0.6) is 0 Å². The average molecular weight is 489 g/mol. The summed E-state index contributed by atoms with van der Waals surface area (Å²) in [6.45, 7) is 9.00. The minimum atomic E-state index is -1.18. The van der Waals surface area contributed by atoms with Crippen LogP contribution >= 0.6 is 11.3 Å². The molecule has 9 nitrogen and oxygen atoms in total. The van der Waals surface area contributed by atoms with Crippen LogP contribution in [0.25, 0.3) is 10.4 Å². The third-order valence-electron chi connectivity index (χ3n) is 5.89. The molecule has 34 heavy (non-hydrogen) atoms. The third-order valence-corrected chi connectivity index (χ3v) is 6.86. The van der Waals surface area contributed by atoms with Crippen LogP contribution in [-0.2, 0) is 14.3 Å². The Balaban J connectivity index is 1.72. The molecule has 0 bridgehead atoms. The van der Waals surface area contributed by atoms with Gasteiger partial charge in [-0.2, -0.15) is 0 Å². The Hall–Kier alpha value is -2.98. The molecule has 184 valence electrons. The maximum Gasteiger partial charge on any atom is 0.405 e. The molecule has 2 heterocycles. The zero-order chi connectivity index (χ0) is 25.2. The minimum absolute atomic E-state index is 0.0249. The van der Waals surface area contributed by atoms with E-state index in [4.69, 9.17) is 10.5 Å². The summed E-state index contributed by atoms with van der Waals surface area (Å²) in [4.78, 5) is 44.4. The summed E-state index contributed by atoms with van der Waals surface area (Å²) < 4.78 is 5.08. The first-order chi connectivity index (χ1) is 15.9. The number of ether oxygens (including phenoxy) is 1. The van der Waals surface area contributed by atoms with Gasteiger partial charge in [0.1, 0.15) is 6.04 Å². The topological polar surface area (TPSA) is 135 Å². The van der Waals surface area contributed by atoms with Gasteiger partial charge in [-0.15, -0.1) is 11.3 Å². The second kappa shape index (κ2) is 10.1. The number of thiazole rings is 1. The number of likely N-dealkylation sites (tertiary alicyclic amines) is 1. The number of nitrogens with two attached hydrogens (primary N) is 1. The lowest BCUT2D eigenvalue weighted by atomic mass is 9.88. The molecule has 1 aromatic carbocycles. The van der Waals surface area contributed by atoms with Gasteiger partial charge < -0.3 is 25.8 Å². The number of aromatic nitrogens is 1. The van der Waals surface area contributed by atoms with Gasteiger partial charge in [0.05, 0.1) is 28.2 Å². The van der Waals surface area contributed by atoms with Crippen molar-refractivity contribution in [2.45, 2.75) is 65.3 Å². The van der Waals surface area contributed by atoms with Gasteiger partial charge in [0.2, 0.25) is 5.91 Å². The number of carbonyl (C=O) groups is 3. The van der Waals surface area contributed by atoms with Crippen molar-refractivity contribution in [3.8, 4) is 10.4 Å². The van der Waals surface area contributed by atoms with E-state index in [-0.39, 0.29) is 24.9 Å². The smallest absolute Gasteiger partial charge is 0.405 e. The molecule has 0 aliphatic carbocycles. The van der Waals surface area contributed by atoms with E-state index < -0.39 is 35.7 Å². The van der Waals surface area contributed by atoms with Crippen molar-refractivity contribution in [2.75, 3.05) is 6.54 Å². The van der Waals surface area contributed by atoms with Crippen LogP contribution in [0.2, 0.25) is 0 Å². The molecule has 1 fully saturated rings. The quantitative estimate of drug-likeness (QED) is 0.572. The summed E-state index contributed by atoms with van der Waals surface area (Å²) in [5.41, 5.74) is 9.16. The predicted molar refractivity (Wildman–Crippen MR) is 129 cm³/mol.